The zero-order chi connectivity index (χ0) is 17.0. The molecule has 2 N–H and O–H groups in total. The van der Waals surface area contributed by atoms with Crippen LogP contribution in [-0.2, 0) is 0 Å². The van der Waals surface area contributed by atoms with Crippen LogP contribution in [0.2, 0.25) is 0 Å². The molecule has 5 heteroatoms. The van der Waals surface area contributed by atoms with Crippen molar-refractivity contribution in [1.82, 2.24) is 20.1 Å². The summed E-state index contributed by atoms with van der Waals surface area (Å²) in [6.07, 6.45) is 4.18. The van der Waals surface area contributed by atoms with Crippen LogP contribution in [0.25, 0.3) is 5.82 Å². The van der Waals surface area contributed by atoms with Gasteiger partial charge in [-0.25, -0.2) is 9.67 Å². The molecule has 0 fully saturated rings. The van der Waals surface area contributed by atoms with E-state index in [1.54, 1.807) is 6.20 Å². The van der Waals surface area contributed by atoms with E-state index in [1.807, 2.05) is 36.0 Å². The smallest absolute Gasteiger partial charge is 0.153 e. The number of hydrogen-bond donors (Lipinski definition) is 2. The Kier molecular flexibility index (Phi) is 5.55. The number of rotatable bonds is 7. The van der Waals surface area contributed by atoms with Crippen molar-refractivity contribution in [3.05, 3.63) is 41.9 Å². The molecule has 0 spiro atoms. The highest BCUT2D eigenvalue weighted by Gasteiger charge is 2.22. The molecule has 2 atom stereocenters. The first-order valence-corrected chi connectivity index (χ1v) is 8.17. The molecule has 0 saturated heterocycles. The van der Waals surface area contributed by atoms with Crippen molar-refractivity contribution in [1.29, 1.82) is 0 Å². The molecule has 2 heterocycles. The maximum Gasteiger partial charge on any atom is 0.153 e. The molecule has 5 nitrogen and oxygen atoms in total. The van der Waals surface area contributed by atoms with Gasteiger partial charge in [-0.1, -0.05) is 19.9 Å². The zero-order valence-corrected chi connectivity index (χ0v) is 14.7. The summed E-state index contributed by atoms with van der Waals surface area (Å²) in [7, 11) is 0. The molecule has 2 aromatic rings. The monoisotopic (exact) mass is 316 g/mol. The van der Waals surface area contributed by atoms with Crippen molar-refractivity contribution < 1.29 is 5.11 Å². The highest BCUT2D eigenvalue weighted by atomic mass is 16.3. The van der Waals surface area contributed by atoms with E-state index in [0.717, 1.165) is 24.5 Å². The second kappa shape index (κ2) is 7.23. The Balaban J connectivity index is 2.06. The summed E-state index contributed by atoms with van der Waals surface area (Å²) in [5, 5.41) is 17.6. The average Bonchev–Trinajstić information content (AvgIpc) is 2.86. The summed E-state index contributed by atoms with van der Waals surface area (Å²) in [6, 6.07) is 6.01. The van der Waals surface area contributed by atoms with Gasteiger partial charge in [0.15, 0.2) is 5.82 Å². The molecular formula is C18H28N4O. The zero-order valence-electron chi connectivity index (χ0n) is 14.7. The third-order valence-corrected chi connectivity index (χ3v) is 4.12. The molecule has 2 aromatic heterocycles. The predicted molar refractivity (Wildman–Crippen MR) is 92.6 cm³/mol. The second-order valence-electron chi connectivity index (χ2n) is 7.11. The summed E-state index contributed by atoms with van der Waals surface area (Å²) in [4.78, 5) is 4.35. The van der Waals surface area contributed by atoms with Crippen LogP contribution in [0.15, 0.2) is 30.6 Å². The minimum atomic E-state index is -0.282. The molecule has 0 saturated carbocycles. The van der Waals surface area contributed by atoms with Crippen molar-refractivity contribution in [3.8, 4) is 5.82 Å². The number of pyridine rings is 1. The quantitative estimate of drug-likeness (QED) is 0.824. The third-order valence-electron chi connectivity index (χ3n) is 4.12. The fourth-order valence-electron chi connectivity index (χ4n) is 2.97. The molecule has 2 rings (SSSR count). The van der Waals surface area contributed by atoms with Crippen LogP contribution < -0.4 is 5.32 Å². The van der Waals surface area contributed by atoms with Crippen LogP contribution in [0, 0.1) is 12.3 Å². The summed E-state index contributed by atoms with van der Waals surface area (Å²) in [5.74, 6) is 0.831. The van der Waals surface area contributed by atoms with E-state index in [4.69, 9.17) is 0 Å². The number of aliphatic hydroxyl groups is 1. The molecule has 0 aromatic carbocycles. The fourth-order valence-corrected chi connectivity index (χ4v) is 2.97. The Labute approximate surface area is 138 Å². The number of nitrogens with one attached hydrogen (secondary N) is 1. The number of hydrogen-bond acceptors (Lipinski definition) is 4. The van der Waals surface area contributed by atoms with E-state index >= 15 is 0 Å². The fraction of sp³-hybridized carbons (Fsp3) is 0.556. The topological polar surface area (TPSA) is 63.0 Å². The van der Waals surface area contributed by atoms with Crippen LogP contribution in [0.4, 0.5) is 0 Å². The molecule has 0 radical (unpaired) electrons. The lowest BCUT2D eigenvalue weighted by Crippen LogP contribution is -2.33. The van der Waals surface area contributed by atoms with E-state index in [1.165, 1.54) is 5.56 Å². The van der Waals surface area contributed by atoms with Crippen LogP contribution in [0.3, 0.4) is 0 Å². The second-order valence-corrected chi connectivity index (χ2v) is 7.11. The van der Waals surface area contributed by atoms with E-state index in [0.29, 0.717) is 0 Å². The van der Waals surface area contributed by atoms with Crippen molar-refractivity contribution >= 4 is 0 Å². The van der Waals surface area contributed by atoms with Crippen molar-refractivity contribution in [3.63, 3.8) is 0 Å². The van der Waals surface area contributed by atoms with Gasteiger partial charge < -0.3 is 10.4 Å². The minimum absolute atomic E-state index is 0.0489. The largest absolute Gasteiger partial charge is 0.393 e. The Morgan fingerprint density at radius 1 is 1.30 bits per heavy atom. The van der Waals surface area contributed by atoms with Gasteiger partial charge in [-0.05, 0) is 44.7 Å². The van der Waals surface area contributed by atoms with E-state index in [9.17, 15) is 5.11 Å². The van der Waals surface area contributed by atoms with Crippen LogP contribution in [0.1, 0.15) is 51.4 Å². The molecule has 126 valence electrons. The van der Waals surface area contributed by atoms with Gasteiger partial charge in [0, 0.05) is 30.0 Å². The number of aliphatic hydroxyl groups excluding tert-OH is 1. The van der Waals surface area contributed by atoms with E-state index in [-0.39, 0.29) is 17.6 Å². The molecule has 0 bridgehead atoms. The Morgan fingerprint density at radius 2 is 2.04 bits per heavy atom. The predicted octanol–water partition coefficient (Wildman–Crippen LogP) is 3.02. The van der Waals surface area contributed by atoms with Gasteiger partial charge in [-0.2, -0.15) is 5.10 Å². The van der Waals surface area contributed by atoms with Crippen LogP contribution in [0.5, 0.6) is 0 Å². The lowest BCUT2D eigenvalue weighted by molar-refractivity contribution is 0.127. The first-order valence-electron chi connectivity index (χ1n) is 8.17. The van der Waals surface area contributed by atoms with Crippen LogP contribution in [-0.4, -0.2) is 32.5 Å². The first-order chi connectivity index (χ1) is 10.8. The average molecular weight is 316 g/mol. The third kappa shape index (κ3) is 4.62. The van der Waals surface area contributed by atoms with Crippen LogP contribution >= 0.6 is 0 Å². The maximum absolute atomic E-state index is 9.60. The maximum atomic E-state index is 9.60. The summed E-state index contributed by atoms with van der Waals surface area (Å²) in [6.45, 7) is 11.2. The molecular weight excluding hydrogens is 288 g/mol. The SMILES string of the molecule is Cc1c(C(C)NCC(C)(C)CC(C)O)cnn1-c1ccccn1. The molecule has 0 aliphatic heterocycles. The molecule has 0 amide bonds. The first kappa shape index (κ1) is 17.6. The van der Waals surface area contributed by atoms with E-state index in [2.05, 4.69) is 43.1 Å². The standard InChI is InChI=1S/C18H28N4O/c1-13(23)10-18(4,5)12-20-14(2)16-11-21-22(15(16)3)17-8-6-7-9-19-17/h6-9,11,13-14,20,23H,10,12H2,1-5H3. The normalized spacial score (nSPS) is 14.7. The Hall–Kier alpha value is -1.72. The van der Waals surface area contributed by atoms with Gasteiger partial charge in [0.25, 0.3) is 0 Å². The van der Waals surface area contributed by atoms with Gasteiger partial charge in [-0.3, -0.25) is 0 Å². The van der Waals surface area contributed by atoms with Gasteiger partial charge in [0.1, 0.15) is 0 Å². The van der Waals surface area contributed by atoms with Crippen molar-refractivity contribution in [2.24, 2.45) is 5.41 Å². The van der Waals surface area contributed by atoms with Crippen molar-refractivity contribution in [2.45, 2.75) is 53.2 Å². The number of nitrogens with zero attached hydrogens (tertiary/aromatic N) is 3. The summed E-state index contributed by atoms with van der Waals surface area (Å²) < 4.78 is 1.87. The molecule has 0 aliphatic rings. The highest BCUT2D eigenvalue weighted by molar-refractivity contribution is 5.29. The molecule has 23 heavy (non-hydrogen) atoms. The lowest BCUT2D eigenvalue weighted by Gasteiger charge is -2.28. The Morgan fingerprint density at radius 3 is 2.65 bits per heavy atom. The van der Waals surface area contributed by atoms with Gasteiger partial charge in [-0.15, -0.1) is 0 Å². The number of aromatic nitrogens is 3. The highest BCUT2D eigenvalue weighted by Crippen LogP contribution is 2.24. The van der Waals surface area contributed by atoms with Gasteiger partial charge >= 0.3 is 0 Å². The van der Waals surface area contributed by atoms with Crippen molar-refractivity contribution in [2.75, 3.05) is 6.54 Å². The molecule has 2 unspecified atom stereocenters. The summed E-state index contributed by atoms with van der Waals surface area (Å²) in [5.41, 5.74) is 2.31. The summed E-state index contributed by atoms with van der Waals surface area (Å²) >= 11 is 0. The Bertz CT molecular complexity index is 619. The van der Waals surface area contributed by atoms with Gasteiger partial charge in [0.05, 0.1) is 12.3 Å². The van der Waals surface area contributed by atoms with E-state index < -0.39 is 0 Å². The lowest BCUT2D eigenvalue weighted by atomic mass is 9.86. The van der Waals surface area contributed by atoms with Gasteiger partial charge in [0.2, 0.25) is 0 Å². The molecule has 0 aliphatic carbocycles. The minimum Gasteiger partial charge on any atom is -0.393 e.